The Bertz CT molecular complexity index is 584. The second-order valence-electron chi connectivity index (χ2n) is 4.46. The van der Waals surface area contributed by atoms with Crippen LogP contribution in [-0.2, 0) is 6.54 Å². The third-order valence-electron chi connectivity index (χ3n) is 2.85. The predicted octanol–water partition coefficient (Wildman–Crippen LogP) is 4.08. The van der Waals surface area contributed by atoms with Crippen LogP contribution in [-0.4, -0.2) is 12.1 Å². The lowest BCUT2D eigenvalue weighted by atomic mass is 10.2. The molecule has 1 aromatic carbocycles. The quantitative estimate of drug-likeness (QED) is 0.921. The van der Waals surface area contributed by atoms with Crippen molar-refractivity contribution < 1.29 is 4.74 Å². The minimum atomic E-state index is 0.680. The van der Waals surface area contributed by atoms with Gasteiger partial charge in [0.25, 0.3) is 0 Å². The number of halogens is 1. The third kappa shape index (κ3) is 3.70. The molecule has 0 fully saturated rings. The number of anilines is 1. The zero-order valence-electron chi connectivity index (χ0n) is 11.3. The Hall–Kier alpha value is -1.55. The average molecular weight is 321 g/mol. The van der Waals surface area contributed by atoms with Crippen LogP contribution in [0.2, 0.25) is 0 Å². The van der Waals surface area contributed by atoms with Crippen molar-refractivity contribution in [3.63, 3.8) is 0 Å². The van der Waals surface area contributed by atoms with Crippen LogP contribution in [0.4, 0.5) is 5.69 Å². The first-order chi connectivity index (χ1) is 9.08. The number of hydrogen-bond donors (Lipinski definition) is 1. The highest BCUT2D eigenvalue weighted by atomic mass is 79.9. The second-order valence-corrected chi connectivity index (χ2v) is 5.31. The number of pyridine rings is 1. The molecule has 0 unspecified atom stereocenters. The van der Waals surface area contributed by atoms with Crippen molar-refractivity contribution in [2.24, 2.45) is 0 Å². The van der Waals surface area contributed by atoms with Gasteiger partial charge in [-0.15, -0.1) is 0 Å². The molecule has 0 aliphatic carbocycles. The fraction of sp³-hybridized carbons (Fsp3) is 0.267. The number of benzene rings is 1. The first-order valence-corrected chi connectivity index (χ1v) is 6.89. The fourth-order valence-electron chi connectivity index (χ4n) is 1.86. The predicted molar refractivity (Wildman–Crippen MR) is 81.7 cm³/mol. The highest BCUT2D eigenvalue weighted by Crippen LogP contribution is 2.21. The summed E-state index contributed by atoms with van der Waals surface area (Å²) in [6.45, 7) is 4.72. The van der Waals surface area contributed by atoms with Gasteiger partial charge < -0.3 is 10.1 Å². The maximum Gasteiger partial charge on any atom is 0.122 e. The van der Waals surface area contributed by atoms with Crippen molar-refractivity contribution in [3.05, 3.63) is 51.8 Å². The van der Waals surface area contributed by atoms with Crippen molar-refractivity contribution in [1.82, 2.24) is 4.98 Å². The van der Waals surface area contributed by atoms with Crippen LogP contribution in [0.15, 0.2) is 34.8 Å². The molecule has 0 amide bonds. The molecule has 0 saturated carbocycles. The van der Waals surface area contributed by atoms with Crippen LogP contribution in [0.3, 0.4) is 0 Å². The van der Waals surface area contributed by atoms with E-state index in [1.54, 1.807) is 7.11 Å². The van der Waals surface area contributed by atoms with Gasteiger partial charge in [0.05, 0.1) is 19.3 Å². The summed E-state index contributed by atoms with van der Waals surface area (Å²) in [5.41, 5.74) is 4.23. The maximum atomic E-state index is 5.25. The zero-order chi connectivity index (χ0) is 13.8. The molecule has 2 rings (SSSR count). The molecule has 4 heteroatoms. The molecule has 1 heterocycles. The van der Waals surface area contributed by atoms with E-state index in [4.69, 9.17) is 4.74 Å². The Morgan fingerprint density at radius 3 is 2.68 bits per heavy atom. The molecule has 1 N–H and O–H groups in total. The van der Waals surface area contributed by atoms with Gasteiger partial charge in [-0.05, 0) is 37.6 Å². The largest absolute Gasteiger partial charge is 0.497 e. The lowest BCUT2D eigenvalue weighted by molar-refractivity contribution is 0.413. The first-order valence-electron chi connectivity index (χ1n) is 6.10. The smallest absolute Gasteiger partial charge is 0.122 e. The van der Waals surface area contributed by atoms with Crippen molar-refractivity contribution >= 4 is 21.6 Å². The van der Waals surface area contributed by atoms with E-state index < -0.39 is 0 Å². The van der Waals surface area contributed by atoms with E-state index >= 15 is 0 Å². The maximum absolute atomic E-state index is 5.25. The molecular formula is C15H17BrN2O. The molecule has 100 valence electrons. The fourth-order valence-corrected chi connectivity index (χ4v) is 2.11. The van der Waals surface area contributed by atoms with E-state index in [-0.39, 0.29) is 0 Å². The lowest BCUT2D eigenvalue weighted by Crippen LogP contribution is -2.03. The highest BCUT2D eigenvalue weighted by Gasteiger charge is 2.02. The summed E-state index contributed by atoms with van der Waals surface area (Å²) < 4.78 is 6.37. The van der Waals surface area contributed by atoms with Crippen LogP contribution in [0.5, 0.6) is 5.75 Å². The van der Waals surface area contributed by atoms with Crippen molar-refractivity contribution in [1.29, 1.82) is 0 Å². The third-order valence-corrected chi connectivity index (χ3v) is 3.74. The number of methoxy groups -OCH3 is 1. The number of hydrogen-bond acceptors (Lipinski definition) is 3. The molecule has 1 aromatic heterocycles. The van der Waals surface area contributed by atoms with Gasteiger partial charge in [-0.25, -0.2) is 0 Å². The van der Waals surface area contributed by atoms with Crippen LogP contribution in [0, 0.1) is 13.8 Å². The second kappa shape index (κ2) is 6.06. The molecule has 0 radical (unpaired) electrons. The van der Waals surface area contributed by atoms with Gasteiger partial charge in [-0.2, -0.15) is 0 Å². The molecule has 0 atom stereocenters. The monoisotopic (exact) mass is 320 g/mol. The summed E-state index contributed by atoms with van der Waals surface area (Å²) in [4.78, 5) is 4.49. The Morgan fingerprint density at radius 1 is 1.21 bits per heavy atom. The van der Waals surface area contributed by atoms with E-state index in [0.717, 1.165) is 27.3 Å². The summed E-state index contributed by atoms with van der Waals surface area (Å²) in [6.07, 6.45) is 0. The lowest BCUT2D eigenvalue weighted by Gasteiger charge is -2.09. The van der Waals surface area contributed by atoms with Gasteiger partial charge in [-0.1, -0.05) is 15.9 Å². The highest BCUT2D eigenvalue weighted by molar-refractivity contribution is 9.10. The molecule has 19 heavy (non-hydrogen) atoms. The van der Waals surface area contributed by atoms with Gasteiger partial charge in [0.2, 0.25) is 0 Å². The SMILES string of the molecule is COc1cc(C)nc(CNc2ccc(Br)c(C)c2)c1. The van der Waals surface area contributed by atoms with Crippen LogP contribution in [0.25, 0.3) is 0 Å². The van der Waals surface area contributed by atoms with Crippen molar-refractivity contribution in [2.75, 3.05) is 12.4 Å². The molecule has 0 aliphatic rings. The summed E-state index contributed by atoms with van der Waals surface area (Å²) in [5.74, 6) is 0.844. The number of aryl methyl sites for hydroxylation is 2. The molecule has 2 aromatic rings. The zero-order valence-corrected chi connectivity index (χ0v) is 12.9. The minimum Gasteiger partial charge on any atom is -0.497 e. The number of nitrogens with zero attached hydrogens (tertiary/aromatic N) is 1. The number of ether oxygens (including phenoxy) is 1. The molecule has 3 nitrogen and oxygen atoms in total. The van der Waals surface area contributed by atoms with Gasteiger partial charge in [0.15, 0.2) is 0 Å². The Kier molecular flexibility index (Phi) is 4.43. The van der Waals surface area contributed by atoms with Gasteiger partial charge in [-0.3, -0.25) is 4.98 Å². The summed E-state index contributed by atoms with van der Waals surface area (Å²) in [5, 5.41) is 3.37. The summed E-state index contributed by atoms with van der Waals surface area (Å²) in [6, 6.07) is 10.1. The van der Waals surface area contributed by atoms with Crippen molar-refractivity contribution in [3.8, 4) is 5.75 Å². The van der Waals surface area contributed by atoms with Gasteiger partial charge in [0, 0.05) is 28.0 Å². The van der Waals surface area contributed by atoms with E-state index in [1.807, 2.05) is 31.2 Å². The number of nitrogens with one attached hydrogen (secondary N) is 1. The van der Waals surface area contributed by atoms with Crippen LogP contribution >= 0.6 is 15.9 Å². The Morgan fingerprint density at radius 2 is 2.00 bits per heavy atom. The normalized spacial score (nSPS) is 10.3. The number of rotatable bonds is 4. The number of aromatic nitrogens is 1. The minimum absolute atomic E-state index is 0.680. The van der Waals surface area contributed by atoms with E-state index in [1.165, 1.54) is 5.56 Å². The Labute approximate surface area is 122 Å². The Balaban J connectivity index is 2.09. The van der Waals surface area contributed by atoms with Crippen LogP contribution in [0.1, 0.15) is 17.0 Å². The van der Waals surface area contributed by atoms with E-state index in [0.29, 0.717) is 6.54 Å². The molecule has 0 aliphatic heterocycles. The molecule has 0 spiro atoms. The van der Waals surface area contributed by atoms with Crippen LogP contribution < -0.4 is 10.1 Å². The van der Waals surface area contributed by atoms with Gasteiger partial charge >= 0.3 is 0 Å². The topological polar surface area (TPSA) is 34.1 Å². The summed E-state index contributed by atoms with van der Waals surface area (Å²) in [7, 11) is 1.67. The van der Waals surface area contributed by atoms with E-state index in [2.05, 4.69) is 39.2 Å². The standard InChI is InChI=1S/C15H17BrN2O/c1-10-6-12(4-5-15(10)16)17-9-13-8-14(19-3)7-11(2)18-13/h4-8,17H,9H2,1-3H3. The van der Waals surface area contributed by atoms with Crippen molar-refractivity contribution in [2.45, 2.75) is 20.4 Å². The molecular weight excluding hydrogens is 304 g/mol. The molecule has 0 bridgehead atoms. The first kappa shape index (κ1) is 13.9. The van der Waals surface area contributed by atoms with E-state index in [9.17, 15) is 0 Å². The summed E-state index contributed by atoms with van der Waals surface area (Å²) >= 11 is 3.50. The molecule has 0 saturated heterocycles. The van der Waals surface area contributed by atoms with Gasteiger partial charge in [0.1, 0.15) is 5.75 Å². The average Bonchev–Trinajstić information content (AvgIpc) is 2.39.